The molecule has 6 nitrogen and oxygen atoms in total. The van der Waals surface area contributed by atoms with E-state index in [-0.39, 0.29) is 23.0 Å². The van der Waals surface area contributed by atoms with Gasteiger partial charge in [0, 0.05) is 31.6 Å². The third kappa shape index (κ3) is 3.19. The molecule has 2 aromatic rings. The quantitative estimate of drug-likeness (QED) is 0.659. The number of carbonyl (C=O) groups excluding carboxylic acids is 1. The summed E-state index contributed by atoms with van der Waals surface area (Å²) in [5, 5.41) is 10.3. The van der Waals surface area contributed by atoms with E-state index in [4.69, 9.17) is 12.2 Å². The van der Waals surface area contributed by atoms with Crippen LogP contribution in [0, 0.1) is 11.6 Å². The summed E-state index contributed by atoms with van der Waals surface area (Å²) in [6.07, 6.45) is 0.530. The van der Waals surface area contributed by atoms with Crippen molar-refractivity contribution < 1.29 is 9.90 Å². The highest BCUT2D eigenvalue weighted by Crippen LogP contribution is 2.30. The number of Topliss-reactive ketones (excluding diaryl/α,β-unsaturated/α-hetero) is 1. The van der Waals surface area contributed by atoms with Gasteiger partial charge in [-0.2, -0.15) is 0 Å². The van der Waals surface area contributed by atoms with Crippen LogP contribution in [-0.4, -0.2) is 30.8 Å². The van der Waals surface area contributed by atoms with Crippen LogP contribution >= 0.6 is 24.0 Å². The topological polar surface area (TPSA) is 76.6 Å². The van der Waals surface area contributed by atoms with Crippen LogP contribution in [0.2, 0.25) is 0 Å². The van der Waals surface area contributed by atoms with Crippen LogP contribution in [0.1, 0.15) is 21.5 Å². The second-order valence-corrected chi connectivity index (χ2v) is 7.34. The van der Waals surface area contributed by atoms with Crippen LogP contribution in [0.3, 0.4) is 0 Å². The number of benzene rings is 1. The van der Waals surface area contributed by atoms with Crippen molar-refractivity contribution in [1.82, 2.24) is 9.13 Å². The zero-order chi connectivity index (χ0) is 18.3. The molecule has 2 heterocycles. The maximum Gasteiger partial charge on any atom is 0.330 e. The molecule has 3 rings (SSSR count). The van der Waals surface area contributed by atoms with Gasteiger partial charge < -0.3 is 5.11 Å². The largest absolute Gasteiger partial charge is 0.508 e. The highest BCUT2D eigenvalue weighted by Gasteiger charge is 2.22. The lowest BCUT2D eigenvalue weighted by Gasteiger charge is -2.07. The standard InChI is InChI=1S/C17H17N3O3S2/c1-9-6-10(4-5-12(9)21)13(22)8-25-14-7-11-15(18-14)19(2)17(23)20(3)16(11)24/h4-6,21H,7-8H2,1-3H3. The van der Waals surface area contributed by atoms with Gasteiger partial charge in [-0.3, -0.25) is 13.9 Å². The molecule has 0 saturated heterocycles. The SMILES string of the molecule is Cc1cc(C(=O)CSC2=Nc3c(c(=S)n(C)c(=O)n3C)C2)ccc1O. The fourth-order valence-electron chi connectivity index (χ4n) is 2.65. The molecule has 0 radical (unpaired) electrons. The highest BCUT2D eigenvalue weighted by atomic mass is 32.2. The van der Waals surface area contributed by atoms with E-state index in [1.165, 1.54) is 27.0 Å². The van der Waals surface area contributed by atoms with Gasteiger partial charge in [0.2, 0.25) is 0 Å². The minimum Gasteiger partial charge on any atom is -0.508 e. The Kier molecular flexibility index (Phi) is 4.66. The van der Waals surface area contributed by atoms with Crippen molar-refractivity contribution in [1.29, 1.82) is 0 Å². The fourth-order valence-corrected chi connectivity index (χ4v) is 3.76. The minimum absolute atomic E-state index is 0.0372. The summed E-state index contributed by atoms with van der Waals surface area (Å²) in [5.41, 5.74) is 1.85. The van der Waals surface area contributed by atoms with E-state index in [9.17, 15) is 14.7 Å². The summed E-state index contributed by atoms with van der Waals surface area (Å²) in [6, 6.07) is 4.81. The van der Waals surface area contributed by atoms with Gasteiger partial charge in [-0.15, -0.1) is 11.8 Å². The number of fused-ring (bicyclic) bond motifs is 1. The third-order valence-electron chi connectivity index (χ3n) is 4.17. The van der Waals surface area contributed by atoms with Crippen molar-refractivity contribution in [2.45, 2.75) is 13.3 Å². The third-order valence-corrected chi connectivity index (χ3v) is 5.67. The van der Waals surface area contributed by atoms with Crippen LogP contribution in [0.4, 0.5) is 5.82 Å². The van der Waals surface area contributed by atoms with Crippen LogP contribution in [0.25, 0.3) is 0 Å². The fraction of sp³-hybridized carbons (Fsp3) is 0.294. The number of aromatic nitrogens is 2. The molecule has 1 aromatic carbocycles. The van der Waals surface area contributed by atoms with Crippen LogP contribution in [0.5, 0.6) is 5.75 Å². The first kappa shape index (κ1) is 17.6. The molecule has 0 aliphatic carbocycles. The average molecular weight is 375 g/mol. The summed E-state index contributed by atoms with van der Waals surface area (Å²) < 4.78 is 3.39. The summed E-state index contributed by atoms with van der Waals surface area (Å²) in [6.45, 7) is 1.75. The van der Waals surface area contributed by atoms with Gasteiger partial charge in [0.05, 0.1) is 10.8 Å². The lowest BCUT2D eigenvalue weighted by atomic mass is 10.1. The minimum atomic E-state index is -0.214. The molecule has 0 spiro atoms. The number of carbonyl (C=O) groups is 1. The van der Waals surface area contributed by atoms with E-state index < -0.39 is 0 Å². The zero-order valence-electron chi connectivity index (χ0n) is 14.1. The monoisotopic (exact) mass is 375 g/mol. The van der Waals surface area contributed by atoms with Gasteiger partial charge in [-0.1, -0.05) is 12.2 Å². The number of aryl methyl sites for hydroxylation is 1. The van der Waals surface area contributed by atoms with Crippen molar-refractivity contribution in [3.63, 3.8) is 0 Å². The van der Waals surface area contributed by atoms with Gasteiger partial charge in [0.15, 0.2) is 5.78 Å². The van der Waals surface area contributed by atoms with E-state index in [0.29, 0.717) is 28.0 Å². The summed E-state index contributed by atoms with van der Waals surface area (Å²) in [7, 11) is 3.31. The zero-order valence-corrected chi connectivity index (χ0v) is 15.7. The molecule has 0 saturated carbocycles. The first-order valence-corrected chi connectivity index (χ1v) is 9.01. The van der Waals surface area contributed by atoms with Gasteiger partial charge >= 0.3 is 5.69 Å². The molecule has 1 aliphatic rings. The number of nitrogens with zero attached hydrogens (tertiary/aromatic N) is 3. The first-order valence-electron chi connectivity index (χ1n) is 7.61. The van der Waals surface area contributed by atoms with E-state index in [1.807, 2.05) is 0 Å². The summed E-state index contributed by atoms with van der Waals surface area (Å²) in [4.78, 5) is 28.9. The molecule has 0 fully saturated rings. The lowest BCUT2D eigenvalue weighted by Crippen LogP contribution is -2.28. The summed E-state index contributed by atoms with van der Waals surface area (Å²) >= 11 is 6.68. The van der Waals surface area contributed by atoms with E-state index >= 15 is 0 Å². The Labute approximate surface area is 153 Å². The molecule has 8 heteroatoms. The molecule has 1 N–H and O–H groups in total. The number of phenols is 1. The Hall–Kier alpha value is -2.19. The predicted molar refractivity (Wildman–Crippen MR) is 102 cm³/mol. The van der Waals surface area contributed by atoms with Gasteiger partial charge in [0.25, 0.3) is 0 Å². The molecular weight excluding hydrogens is 358 g/mol. The number of phenolic OH excluding ortho intramolecular Hbond substituents is 1. The Morgan fingerprint density at radius 2 is 2.08 bits per heavy atom. The van der Waals surface area contributed by atoms with Crippen molar-refractivity contribution in [3.8, 4) is 5.75 Å². The molecule has 0 unspecified atom stereocenters. The smallest absolute Gasteiger partial charge is 0.330 e. The Balaban J connectivity index is 1.77. The molecule has 25 heavy (non-hydrogen) atoms. The number of rotatable bonds is 3. The number of aromatic hydroxyl groups is 1. The molecular formula is C17H17N3O3S2. The highest BCUT2D eigenvalue weighted by molar-refractivity contribution is 8.14. The van der Waals surface area contributed by atoms with Gasteiger partial charge in [0.1, 0.15) is 16.2 Å². The Morgan fingerprint density at radius 1 is 1.36 bits per heavy atom. The number of hydrogen-bond acceptors (Lipinski definition) is 6. The number of ketones is 1. The van der Waals surface area contributed by atoms with Crippen molar-refractivity contribution in [2.75, 3.05) is 5.75 Å². The van der Waals surface area contributed by atoms with Crippen molar-refractivity contribution in [2.24, 2.45) is 19.1 Å². The first-order chi connectivity index (χ1) is 11.8. The van der Waals surface area contributed by atoms with Crippen LogP contribution in [0.15, 0.2) is 28.0 Å². The van der Waals surface area contributed by atoms with Gasteiger partial charge in [-0.05, 0) is 30.7 Å². The van der Waals surface area contributed by atoms with Crippen LogP contribution < -0.4 is 5.69 Å². The van der Waals surface area contributed by atoms with Gasteiger partial charge in [-0.25, -0.2) is 9.79 Å². The molecule has 130 valence electrons. The number of hydrogen-bond donors (Lipinski definition) is 1. The molecule has 1 aliphatic heterocycles. The number of aliphatic imine (C=N–C) groups is 1. The Bertz CT molecular complexity index is 1030. The normalized spacial score (nSPS) is 12.8. The van der Waals surface area contributed by atoms with Crippen LogP contribution in [-0.2, 0) is 20.5 Å². The molecule has 1 aromatic heterocycles. The molecule has 0 atom stereocenters. The predicted octanol–water partition coefficient (Wildman–Crippen LogP) is 2.67. The van der Waals surface area contributed by atoms with E-state index in [2.05, 4.69) is 4.99 Å². The summed E-state index contributed by atoms with van der Waals surface area (Å²) in [5.74, 6) is 0.948. The number of thioether (sulfide) groups is 1. The maximum absolute atomic E-state index is 12.3. The van der Waals surface area contributed by atoms with E-state index in [0.717, 1.165) is 10.6 Å². The lowest BCUT2D eigenvalue weighted by molar-refractivity contribution is 0.102. The molecule has 0 bridgehead atoms. The van der Waals surface area contributed by atoms with Crippen molar-refractivity contribution >= 4 is 40.6 Å². The second kappa shape index (κ2) is 6.61. The second-order valence-electron chi connectivity index (χ2n) is 5.90. The van der Waals surface area contributed by atoms with Crippen molar-refractivity contribution in [3.05, 3.63) is 50.0 Å². The maximum atomic E-state index is 12.3. The van der Waals surface area contributed by atoms with E-state index in [1.54, 1.807) is 33.2 Å². The average Bonchev–Trinajstić information content (AvgIpc) is 3.03. The molecule has 0 amide bonds. The Morgan fingerprint density at radius 3 is 2.76 bits per heavy atom.